The Bertz CT molecular complexity index is 1740. The molecule has 0 aliphatic heterocycles. The van der Waals surface area contributed by atoms with Crippen molar-refractivity contribution in [2.45, 2.75) is 9.79 Å². The minimum Gasteiger partial charge on any atom is -0.214 e. The normalized spacial score (nSPS) is 13.0. The highest BCUT2D eigenvalue weighted by Gasteiger charge is 2.21. The number of hydrogen-bond donors (Lipinski definition) is 2. The molecule has 0 radical (unpaired) electrons. The van der Waals surface area contributed by atoms with Crippen molar-refractivity contribution in [3.05, 3.63) is 60.7 Å². The second kappa shape index (κ2) is 6.98. The van der Waals surface area contributed by atoms with Crippen molar-refractivity contribution in [1.82, 2.24) is 9.44 Å². The van der Waals surface area contributed by atoms with E-state index in [9.17, 15) is 16.8 Å². The Labute approximate surface area is 183 Å². The maximum atomic E-state index is 12.7. The number of hydrogen-bond acceptors (Lipinski definition) is 5. The summed E-state index contributed by atoms with van der Waals surface area (Å²) in [4.78, 5) is 0.420. The Hall–Kier alpha value is -2.56. The molecule has 0 aliphatic rings. The second-order valence-corrected chi connectivity index (χ2v) is 11.9. The van der Waals surface area contributed by atoms with Crippen LogP contribution in [0.25, 0.3) is 41.7 Å². The van der Waals surface area contributed by atoms with Crippen LogP contribution in [0, 0.1) is 0 Å². The third-order valence-corrected chi connectivity index (χ3v) is 9.58. The van der Waals surface area contributed by atoms with E-state index >= 15 is 0 Å². The van der Waals surface area contributed by atoms with Crippen LogP contribution in [0.1, 0.15) is 0 Å². The van der Waals surface area contributed by atoms with Gasteiger partial charge in [-0.2, -0.15) is 0 Å². The van der Waals surface area contributed by atoms with Crippen LogP contribution in [0.4, 0.5) is 0 Å². The fourth-order valence-electron chi connectivity index (χ4n) is 3.98. The van der Waals surface area contributed by atoms with Crippen LogP contribution in [-0.2, 0) is 20.0 Å². The van der Waals surface area contributed by atoms with Crippen molar-refractivity contribution in [2.24, 2.45) is 0 Å². The molecule has 1 heterocycles. The molecule has 0 spiro atoms. The van der Waals surface area contributed by atoms with Crippen molar-refractivity contribution in [1.29, 1.82) is 0 Å². The van der Waals surface area contributed by atoms with Crippen LogP contribution in [0.2, 0.25) is 0 Å². The van der Waals surface area contributed by atoms with Gasteiger partial charge in [-0.05, 0) is 43.1 Å². The number of rotatable bonds is 4. The van der Waals surface area contributed by atoms with Gasteiger partial charge in [0, 0.05) is 30.9 Å². The first-order valence-corrected chi connectivity index (χ1v) is 13.2. The summed E-state index contributed by atoms with van der Waals surface area (Å²) in [5.41, 5.74) is 0. The van der Waals surface area contributed by atoms with Crippen molar-refractivity contribution in [3.8, 4) is 0 Å². The number of fused-ring (bicyclic) bond motifs is 7. The molecule has 0 fully saturated rings. The summed E-state index contributed by atoms with van der Waals surface area (Å²) in [7, 11) is -4.46. The van der Waals surface area contributed by atoms with Crippen molar-refractivity contribution < 1.29 is 16.8 Å². The first-order chi connectivity index (χ1) is 14.8. The third kappa shape index (κ3) is 3.04. The zero-order chi connectivity index (χ0) is 22.0. The molecular formula is C22H18N2O4S3. The van der Waals surface area contributed by atoms with Gasteiger partial charge in [-0.25, -0.2) is 26.3 Å². The number of thiophene rings is 1. The molecule has 0 amide bonds. The van der Waals surface area contributed by atoms with Gasteiger partial charge in [0.1, 0.15) is 0 Å². The van der Waals surface area contributed by atoms with Crippen LogP contribution in [-0.4, -0.2) is 30.9 Å². The molecule has 5 aromatic rings. The summed E-state index contributed by atoms with van der Waals surface area (Å²) < 4.78 is 56.6. The van der Waals surface area contributed by atoms with Gasteiger partial charge in [-0.15, -0.1) is 11.3 Å². The molecule has 9 heteroatoms. The van der Waals surface area contributed by atoms with E-state index in [4.69, 9.17) is 0 Å². The van der Waals surface area contributed by atoms with Gasteiger partial charge in [-0.1, -0.05) is 42.5 Å². The lowest BCUT2D eigenvalue weighted by Gasteiger charge is -2.09. The molecule has 4 aromatic carbocycles. The summed E-state index contributed by atoms with van der Waals surface area (Å²) >= 11 is 1.47. The maximum absolute atomic E-state index is 12.7. The molecule has 0 atom stereocenters. The standard InChI is InChI=1S/C22H18N2O4S3/c1-23-30(25,26)14-9-7-13-8-10-17-21-16-6-4-3-5-15(16)20(31(27,28)24-2)12-19(21)29-22(17)18(13)11-14/h3-12,23-24H,1-2H3. The lowest BCUT2D eigenvalue weighted by molar-refractivity contribution is 0.587. The van der Waals surface area contributed by atoms with Crippen LogP contribution >= 0.6 is 11.3 Å². The van der Waals surface area contributed by atoms with Gasteiger partial charge >= 0.3 is 0 Å². The van der Waals surface area contributed by atoms with E-state index in [1.54, 1.807) is 30.3 Å². The number of sulfonamides is 2. The van der Waals surface area contributed by atoms with Crippen LogP contribution in [0.15, 0.2) is 70.5 Å². The lowest BCUT2D eigenvalue weighted by Crippen LogP contribution is -2.18. The Balaban J connectivity index is 1.97. The maximum Gasteiger partial charge on any atom is 0.240 e. The quantitative estimate of drug-likeness (QED) is 0.412. The molecule has 1 aromatic heterocycles. The van der Waals surface area contributed by atoms with Crippen molar-refractivity contribution in [3.63, 3.8) is 0 Å². The molecule has 0 unspecified atom stereocenters. The molecule has 0 saturated carbocycles. The van der Waals surface area contributed by atoms with Crippen LogP contribution < -0.4 is 9.44 Å². The van der Waals surface area contributed by atoms with Crippen molar-refractivity contribution >= 4 is 73.1 Å². The van der Waals surface area contributed by atoms with Gasteiger partial charge in [-0.3, -0.25) is 0 Å². The van der Waals surface area contributed by atoms with Crippen molar-refractivity contribution in [2.75, 3.05) is 14.1 Å². The summed E-state index contributed by atoms with van der Waals surface area (Å²) in [5, 5.41) is 5.17. The van der Waals surface area contributed by atoms with Gasteiger partial charge in [0.25, 0.3) is 0 Å². The molecule has 2 N–H and O–H groups in total. The minimum absolute atomic E-state index is 0.191. The molecule has 158 valence electrons. The predicted molar refractivity (Wildman–Crippen MR) is 127 cm³/mol. The second-order valence-electron chi connectivity index (χ2n) is 7.14. The van der Waals surface area contributed by atoms with Gasteiger partial charge in [0.2, 0.25) is 20.0 Å². The van der Waals surface area contributed by atoms with Gasteiger partial charge in [0.15, 0.2) is 0 Å². The predicted octanol–water partition coefficient (Wildman–Crippen LogP) is 4.18. The largest absolute Gasteiger partial charge is 0.240 e. The highest BCUT2D eigenvalue weighted by molar-refractivity contribution is 7.90. The Morgan fingerprint density at radius 2 is 1.39 bits per heavy atom. The third-order valence-electron chi connectivity index (χ3n) is 5.53. The molecule has 6 nitrogen and oxygen atoms in total. The lowest BCUT2D eigenvalue weighted by atomic mass is 10.0. The molecule has 5 rings (SSSR count). The average molecular weight is 471 g/mol. The zero-order valence-electron chi connectivity index (χ0n) is 16.6. The van der Waals surface area contributed by atoms with E-state index in [-0.39, 0.29) is 9.79 Å². The topological polar surface area (TPSA) is 92.3 Å². The molecule has 0 aliphatic carbocycles. The Morgan fingerprint density at radius 1 is 0.710 bits per heavy atom. The van der Waals surface area contributed by atoms with E-state index in [2.05, 4.69) is 9.44 Å². The monoisotopic (exact) mass is 470 g/mol. The van der Waals surface area contributed by atoms with E-state index in [0.717, 1.165) is 36.3 Å². The average Bonchev–Trinajstić information content (AvgIpc) is 3.17. The Morgan fingerprint density at radius 3 is 2.10 bits per heavy atom. The smallest absolute Gasteiger partial charge is 0.214 e. The van der Waals surface area contributed by atoms with Gasteiger partial charge in [0.05, 0.1) is 9.79 Å². The van der Waals surface area contributed by atoms with Crippen LogP contribution in [0.5, 0.6) is 0 Å². The fourth-order valence-corrected chi connectivity index (χ4v) is 7.06. The summed E-state index contributed by atoms with van der Waals surface area (Å²) in [6.45, 7) is 0. The first kappa shape index (κ1) is 20.3. The summed E-state index contributed by atoms with van der Waals surface area (Å²) in [5.74, 6) is 0. The number of nitrogens with one attached hydrogen (secondary N) is 2. The molecule has 0 bridgehead atoms. The SMILES string of the molecule is CNS(=O)(=O)c1ccc2ccc3c(sc4cc(S(=O)(=O)NC)c5ccccc5c43)c2c1. The zero-order valence-corrected chi connectivity index (χ0v) is 19.1. The first-order valence-electron chi connectivity index (χ1n) is 9.44. The molecule has 0 saturated heterocycles. The van der Waals surface area contributed by atoms with E-state index in [1.165, 1.54) is 25.4 Å². The summed E-state index contributed by atoms with van der Waals surface area (Å²) in [6.07, 6.45) is 0. The van der Waals surface area contributed by atoms with Crippen LogP contribution in [0.3, 0.4) is 0 Å². The highest BCUT2D eigenvalue weighted by atomic mass is 32.2. The van der Waals surface area contributed by atoms with E-state index in [1.807, 2.05) is 30.3 Å². The minimum atomic E-state index is -3.66. The number of benzene rings is 4. The Kier molecular flexibility index (Phi) is 4.58. The molecule has 31 heavy (non-hydrogen) atoms. The van der Waals surface area contributed by atoms with E-state index < -0.39 is 20.0 Å². The van der Waals surface area contributed by atoms with E-state index in [0.29, 0.717) is 5.39 Å². The molecular weight excluding hydrogens is 452 g/mol. The highest BCUT2D eigenvalue weighted by Crippen LogP contribution is 2.43. The van der Waals surface area contributed by atoms with Gasteiger partial charge < -0.3 is 0 Å². The fraction of sp³-hybridized carbons (Fsp3) is 0.0909. The summed E-state index contributed by atoms with van der Waals surface area (Å²) in [6, 6.07) is 18.2.